The molecule has 7 nitrogen and oxygen atoms in total. The van der Waals surface area contributed by atoms with Crippen molar-refractivity contribution in [1.82, 2.24) is 9.13 Å². The highest BCUT2D eigenvalue weighted by molar-refractivity contribution is 7.71. The normalized spacial score (nSPS) is 11.1. The fourth-order valence-corrected chi connectivity index (χ4v) is 3.82. The standard InChI is InChI=1S/C23H16Cl2N4O3S/c1-32-17-12-10-16(11-13-17)28-21(30)20(27-26-15-8-6-14(24)7-9-15)22(31)29(23(28)33)19-5-3-2-4-18(19)25/h2-13,31H,1H3. The number of hydrogen-bond acceptors (Lipinski definition) is 6. The van der Waals surface area contributed by atoms with Crippen LogP contribution in [0.25, 0.3) is 11.4 Å². The van der Waals surface area contributed by atoms with E-state index >= 15 is 0 Å². The maximum atomic E-state index is 13.4. The number of benzene rings is 3. The third kappa shape index (κ3) is 4.54. The number of aromatic nitrogens is 2. The average Bonchev–Trinajstić information content (AvgIpc) is 2.82. The van der Waals surface area contributed by atoms with Gasteiger partial charge in [0.05, 0.1) is 29.2 Å². The summed E-state index contributed by atoms with van der Waals surface area (Å²) in [6.45, 7) is 0. The van der Waals surface area contributed by atoms with Gasteiger partial charge in [-0.1, -0.05) is 35.3 Å². The molecule has 10 heteroatoms. The molecule has 0 bridgehead atoms. The van der Waals surface area contributed by atoms with E-state index in [2.05, 4.69) is 10.2 Å². The third-order valence-corrected chi connectivity index (χ3v) is 5.66. The molecule has 0 amide bonds. The molecule has 4 rings (SSSR count). The third-order valence-electron chi connectivity index (χ3n) is 4.73. The largest absolute Gasteiger partial charge is 0.497 e. The zero-order valence-electron chi connectivity index (χ0n) is 17.1. The van der Waals surface area contributed by atoms with Crippen molar-refractivity contribution in [3.8, 4) is 23.0 Å². The van der Waals surface area contributed by atoms with Crippen molar-refractivity contribution in [2.75, 3.05) is 7.11 Å². The molecule has 0 aliphatic heterocycles. The molecule has 166 valence electrons. The molecule has 0 aliphatic carbocycles. The second kappa shape index (κ2) is 9.58. The molecule has 1 aromatic heterocycles. The van der Waals surface area contributed by atoms with Gasteiger partial charge in [0.1, 0.15) is 5.75 Å². The number of ether oxygens (including phenoxy) is 1. The van der Waals surface area contributed by atoms with Crippen LogP contribution < -0.4 is 10.3 Å². The number of hydrogen-bond donors (Lipinski definition) is 1. The Morgan fingerprint density at radius 1 is 0.909 bits per heavy atom. The Labute approximate surface area is 203 Å². The fraction of sp³-hybridized carbons (Fsp3) is 0.0435. The number of para-hydroxylation sites is 1. The number of nitrogens with zero attached hydrogens (tertiary/aromatic N) is 4. The average molecular weight is 499 g/mol. The van der Waals surface area contributed by atoms with Gasteiger partial charge in [-0.15, -0.1) is 5.11 Å². The van der Waals surface area contributed by atoms with Crippen LogP contribution in [0.15, 0.2) is 87.8 Å². The Morgan fingerprint density at radius 2 is 1.58 bits per heavy atom. The van der Waals surface area contributed by atoms with E-state index in [4.69, 9.17) is 40.2 Å². The van der Waals surface area contributed by atoms with Gasteiger partial charge >= 0.3 is 0 Å². The smallest absolute Gasteiger partial charge is 0.290 e. The molecule has 0 radical (unpaired) electrons. The predicted molar refractivity (Wildman–Crippen MR) is 131 cm³/mol. The fourth-order valence-electron chi connectivity index (χ4n) is 3.10. The molecule has 3 aromatic carbocycles. The van der Waals surface area contributed by atoms with E-state index in [0.717, 1.165) is 0 Å². The minimum absolute atomic E-state index is 0.00112. The van der Waals surface area contributed by atoms with Gasteiger partial charge in [-0.05, 0) is 72.9 Å². The maximum Gasteiger partial charge on any atom is 0.290 e. The van der Waals surface area contributed by atoms with Crippen LogP contribution in [-0.2, 0) is 0 Å². The van der Waals surface area contributed by atoms with Gasteiger partial charge in [0, 0.05) is 5.02 Å². The van der Waals surface area contributed by atoms with Gasteiger partial charge in [0.2, 0.25) is 11.6 Å². The highest BCUT2D eigenvalue weighted by atomic mass is 35.5. The first-order valence-electron chi connectivity index (χ1n) is 9.58. The monoisotopic (exact) mass is 498 g/mol. The number of aromatic hydroxyl groups is 1. The molecule has 0 saturated heterocycles. The number of methoxy groups -OCH3 is 1. The number of azo groups is 1. The van der Waals surface area contributed by atoms with E-state index < -0.39 is 11.4 Å². The highest BCUT2D eigenvalue weighted by Gasteiger charge is 2.20. The minimum Gasteiger partial charge on any atom is -0.497 e. The summed E-state index contributed by atoms with van der Waals surface area (Å²) >= 11 is 17.9. The van der Waals surface area contributed by atoms with Gasteiger partial charge in [-0.25, -0.2) is 0 Å². The topological polar surface area (TPSA) is 81.1 Å². The van der Waals surface area contributed by atoms with E-state index in [9.17, 15) is 9.90 Å². The van der Waals surface area contributed by atoms with Crippen molar-refractivity contribution in [2.45, 2.75) is 0 Å². The lowest BCUT2D eigenvalue weighted by atomic mass is 10.3. The first-order valence-corrected chi connectivity index (χ1v) is 10.7. The van der Waals surface area contributed by atoms with Gasteiger partial charge in [0.25, 0.3) is 5.56 Å². The summed E-state index contributed by atoms with van der Waals surface area (Å²) in [5.74, 6) is 0.124. The molecule has 0 fully saturated rings. The predicted octanol–water partition coefficient (Wildman–Crippen LogP) is 6.79. The van der Waals surface area contributed by atoms with E-state index in [1.807, 2.05) is 0 Å². The summed E-state index contributed by atoms with van der Waals surface area (Å²) in [6, 6.07) is 20.1. The highest BCUT2D eigenvalue weighted by Crippen LogP contribution is 2.32. The van der Waals surface area contributed by atoms with Crippen molar-refractivity contribution in [3.05, 3.63) is 98.0 Å². The van der Waals surface area contributed by atoms with Crippen molar-refractivity contribution in [3.63, 3.8) is 0 Å². The summed E-state index contributed by atoms with van der Waals surface area (Å²) in [4.78, 5) is 13.4. The van der Waals surface area contributed by atoms with Crippen molar-refractivity contribution >= 4 is 46.8 Å². The molecule has 33 heavy (non-hydrogen) atoms. The SMILES string of the molecule is COc1ccc(-n2c(=O)c(N=Nc3ccc(Cl)cc3)c(O)n(-c3ccccc3Cl)c2=S)cc1. The Hall–Kier alpha value is -3.46. The molecule has 1 N–H and O–H groups in total. The van der Waals surface area contributed by atoms with Gasteiger partial charge in [0.15, 0.2) is 4.77 Å². The summed E-state index contributed by atoms with van der Waals surface area (Å²) in [6.07, 6.45) is 0. The zero-order valence-corrected chi connectivity index (χ0v) is 19.5. The molecular weight excluding hydrogens is 483 g/mol. The van der Waals surface area contributed by atoms with Crippen LogP contribution in [0, 0.1) is 4.77 Å². The lowest BCUT2D eigenvalue weighted by Crippen LogP contribution is -2.23. The Balaban J connectivity index is 2.00. The molecule has 4 aromatic rings. The minimum atomic E-state index is -0.649. The second-order valence-electron chi connectivity index (χ2n) is 6.76. The molecule has 0 aliphatic rings. The molecule has 0 unspecified atom stereocenters. The van der Waals surface area contributed by atoms with E-state index in [0.29, 0.717) is 32.9 Å². The van der Waals surface area contributed by atoms with Crippen LogP contribution in [0.1, 0.15) is 0 Å². The van der Waals surface area contributed by atoms with Crippen LogP contribution in [0.2, 0.25) is 10.0 Å². The van der Waals surface area contributed by atoms with E-state index in [1.54, 1.807) is 79.9 Å². The summed E-state index contributed by atoms with van der Waals surface area (Å²) in [5.41, 5.74) is 0.320. The lowest BCUT2D eigenvalue weighted by molar-refractivity contribution is 0.414. The van der Waals surface area contributed by atoms with Gasteiger partial charge < -0.3 is 9.84 Å². The van der Waals surface area contributed by atoms with E-state index in [1.165, 1.54) is 9.13 Å². The van der Waals surface area contributed by atoms with Crippen LogP contribution in [0.4, 0.5) is 11.4 Å². The van der Waals surface area contributed by atoms with Crippen LogP contribution >= 0.6 is 35.4 Å². The zero-order chi connectivity index (χ0) is 23.5. The Kier molecular flexibility index (Phi) is 6.60. The van der Waals surface area contributed by atoms with Gasteiger partial charge in [-0.2, -0.15) is 5.11 Å². The Morgan fingerprint density at radius 3 is 2.21 bits per heavy atom. The molecule has 1 heterocycles. The number of rotatable bonds is 5. The van der Waals surface area contributed by atoms with E-state index in [-0.39, 0.29) is 10.5 Å². The van der Waals surface area contributed by atoms with Crippen LogP contribution in [-0.4, -0.2) is 21.4 Å². The Bertz CT molecular complexity index is 1460. The first-order chi connectivity index (χ1) is 15.9. The summed E-state index contributed by atoms with van der Waals surface area (Å²) in [7, 11) is 1.54. The van der Waals surface area contributed by atoms with Crippen LogP contribution in [0.5, 0.6) is 11.6 Å². The molecule has 0 saturated carbocycles. The second-order valence-corrected chi connectivity index (χ2v) is 7.97. The first kappa shape index (κ1) is 22.7. The summed E-state index contributed by atoms with van der Waals surface area (Å²) < 4.78 is 7.72. The maximum absolute atomic E-state index is 13.4. The molecule has 0 spiro atoms. The van der Waals surface area contributed by atoms with Gasteiger partial charge in [-0.3, -0.25) is 13.9 Å². The van der Waals surface area contributed by atoms with Crippen molar-refractivity contribution < 1.29 is 9.84 Å². The quantitative estimate of drug-likeness (QED) is 0.242. The van der Waals surface area contributed by atoms with Crippen molar-refractivity contribution in [1.29, 1.82) is 0 Å². The molecule has 0 atom stereocenters. The lowest BCUT2D eigenvalue weighted by Gasteiger charge is -2.17. The van der Waals surface area contributed by atoms with Crippen LogP contribution in [0.3, 0.4) is 0 Å². The van der Waals surface area contributed by atoms with Crippen molar-refractivity contribution in [2.24, 2.45) is 10.2 Å². The summed E-state index contributed by atoms with van der Waals surface area (Å²) in [5, 5.41) is 20.0. The number of halogens is 2. The molecular formula is C23H16Cl2N4O3S.